The van der Waals surface area contributed by atoms with E-state index in [0.29, 0.717) is 24.7 Å². The van der Waals surface area contributed by atoms with Crippen molar-refractivity contribution in [3.05, 3.63) is 58.6 Å². The maximum atomic E-state index is 6.10. The van der Waals surface area contributed by atoms with Crippen LogP contribution in [0.4, 0.5) is 0 Å². The van der Waals surface area contributed by atoms with Crippen LogP contribution in [0.5, 0.6) is 11.5 Å². The topological polar surface area (TPSA) is 30.5 Å². The summed E-state index contributed by atoms with van der Waals surface area (Å²) >= 11 is 6.10. The fourth-order valence-corrected chi connectivity index (χ4v) is 7.25. The summed E-state index contributed by atoms with van der Waals surface area (Å²) in [5.74, 6) is 4.57. The standard InChI is InChI=1S/C28H36ClNO2/c1-3-31-27-13-20(7-8-26(27)32-18-21-5-4-6-25(29)12-21)17-30-19(2)28-14-22-9-23(15-28)11-24(10-22)16-28/h4-8,12-13,19,22-24,30H,3,9-11,14-18H2,1-2H3. The Balaban J connectivity index is 1.22. The summed E-state index contributed by atoms with van der Waals surface area (Å²) in [5.41, 5.74) is 2.83. The SMILES string of the molecule is CCOc1cc(CNC(C)C23CC4CC(CC(C4)C2)C3)ccc1OCc1cccc(Cl)c1. The maximum Gasteiger partial charge on any atom is 0.161 e. The molecule has 2 aromatic carbocycles. The maximum absolute atomic E-state index is 6.10. The lowest BCUT2D eigenvalue weighted by atomic mass is 9.48. The van der Waals surface area contributed by atoms with Crippen LogP contribution in [-0.2, 0) is 13.2 Å². The van der Waals surface area contributed by atoms with E-state index in [2.05, 4.69) is 24.4 Å². The summed E-state index contributed by atoms with van der Waals surface area (Å²) in [7, 11) is 0. The van der Waals surface area contributed by atoms with E-state index in [9.17, 15) is 0 Å². The Morgan fingerprint density at radius 1 is 0.938 bits per heavy atom. The quantitative estimate of drug-likeness (QED) is 0.442. The molecule has 2 aromatic rings. The molecule has 1 unspecified atom stereocenters. The van der Waals surface area contributed by atoms with Gasteiger partial charge in [-0.2, -0.15) is 0 Å². The molecule has 0 heterocycles. The Labute approximate surface area is 197 Å². The van der Waals surface area contributed by atoms with E-state index in [1.807, 2.05) is 37.3 Å². The Kier molecular flexibility index (Phi) is 6.40. The van der Waals surface area contributed by atoms with Gasteiger partial charge in [0.05, 0.1) is 6.61 Å². The molecule has 3 nitrogen and oxygen atoms in total. The van der Waals surface area contributed by atoms with E-state index in [-0.39, 0.29) is 0 Å². The molecule has 0 radical (unpaired) electrons. The lowest BCUT2D eigenvalue weighted by Gasteiger charge is -2.59. The van der Waals surface area contributed by atoms with Crippen molar-refractivity contribution in [2.24, 2.45) is 23.2 Å². The van der Waals surface area contributed by atoms with Crippen molar-refractivity contribution in [1.82, 2.24) is 5.32 Å². The minimum atomic E-state index is 0.473. The minimum absolute atomic E-state index is 0.473. The molecule has 0 amide bonds. The molecule has 4 bridgehead atoms. The summed E-state index contributed by atoms with van der Waals surface area (Å²) in [5, 5.41) is 4.63. The van der Waals surface area contributed by atoms with Gasteiger partial charge in [-0.05, 0) is 111 Å². The molecule has 32 heavy (non-hydrogen) atoms. The zero-order chi connectivity index (χ0) is 22.1. The summed E-state index contributed by atoms with van der Waals surface area (Å²) in [4.78, 5) is 0. The van der Waals surface area contributed by atoms with Crippen LogP contribution >= 0.6 is 11.6 Å². The van der Waals surface area contributed by atoms with Crippen LogP contribution in [0, 0.1) is 23.2 Å². The Morgan fingerprint density at radius 3 is 2.31 bits per heavy atom. The van der Waals surface area contributed by atoms with Crippen molar-refractivity contribution in [3.63, 3.8) is 0 Å². The molecule has 1 N–H and O–H groups in total. The van der Waals surface area contributed by atoms with Gasteiger partial charge in [0.25, 0.3) is 0 Å². The molecule has 4 aliphatic rings. The second kappa shape index (κ2) is 9.27. The fourth-order valence-electron chi connectivity index (χ4n) is 7.03. The summed E-state index contributed by atoms with van der Waals surface area (Å²) < 4.78 is 12.0. The van der Waals surface area contributed by atoms with Crippen LogP contribution in [0.15, 0.2) is 42.5 Å². The molecule has 0 spiro atoms. The first-order chi connectivity index (χ1) is 15.5. The lowest BCUT2D eigenvalue weighted by Crippen LogP contribution is -2.54. The highest BCUT2D eigenvalue weighted by Crippen LogP contribution is 2.61. The fraction of sp³-hybridized carbons (Fsp3) is 0.571. The van der Waals surface area contributed by atoms with Crippen molar-refractivity contribution in [3.8, 4) is 11.5 Å². The predicted molar refractivity (Wildman–Crippen MR) is 130 cm³/mol. The van der Waals surface area contributed by atoms with Gasteiger partial charge in [0, 0.05) is 17.6 Å². The molecule has 6 rings (SSSR count). The van der Waals surface area contributed by atoms with E-state index in [1.54, 1.807) is 0 Å². The Bertz CT molecular complexity index is 907. The normalized spacial score (nSPS) is 29.2. The molecule has 1 atom stereocenters. The largest absolute Gasteiger partial charge is 0.490 e. The van der Waals surface area contributed by atoms with Gasteiger partial charge >= 0.3 is 0 Å². The van der Waals surface area contributed by atoms with E-state index in [0.717, 1.165) is 46.4 Å². The third kappa shape index (κ3) is 4.65. The first kappa shape index (κ1) is 22.1. The number of ether oxygens (including phenoxy) is 2. The molecule has 4 aliphatic carbocycles. The predicted octanol–water partition coefficient (Wildman–Crippen LogP) is 7.01. The molecular formula is C28H36ClNO2. The van der Waals surface area contributed by atoms with Gasteiger partial charge in [-0.15, -0.1) is 0 Å². The second-order valence-electron chi connectivity index (χ2n) is 10.5. The first-order valence-corrected chi connectivity index (χ1v) is 12.8. The first-order valence-electron chi connectivity index (χ1n) is 12.4. The number of hydrogen-bond donors (Lipinski definition) is 1. The highest BCUT2D eigenvalue weighted by molar-refractivity contribution is 6.30. The van der Waals surface area contributed by atoms with Crippen molar-refractivity contribution in [1.29, 1.82) is 0 Å². The smallest absolute Gasteiger partial charge is 0.161 e. The third-order valence-corrected chi connectivity index (χ3v) is 8.44. The number of halogens is 1. The minimum Gasteiger partial charge on any atom is -0.490 e. The van der Waals surface area contributed by atoms with Crippen molar-refractivity contribution in [2.45, 2.75) is 71.6 Å². The van der Waals surface area contributed by atoms with Crippen LogP contribution < -0.4 is 14.8 Å². The number of rotatable bonds is 9. The summed E-state index contributed by atoms with van der Waals surface area (Å²) in [6.45, 7) is 6.41. The average Bonchev–Trinajstić information content (AvgIpc) is 2.76. The highest BCUT2D eigenvalue weighted by Gasteiger charge is 2.52. The van der Waals surface area contributed by atoms with Crippen molar-refractivity contribution < 1.29 is 9.47 Å². The number of hydrogen-bond acceptors (Lipinski definition) is 3. The van der Waals surface area contributed by atoms with Gasteiger partial charge in [-0.25, -0.2) is 0 Å². The van der Waals surface area contributed by atoms with Gasteiger partial charge in [-0.3, -0.25) is 0 Å². The Morgan fingerprint density at radius 2 is 1.66 bits per heavy atom. The van der Waals surface area contributed by atoms with Gasteiger partial charge in [0.1, 0.15) is 6.61 Å². The van der Waals surface area contributed by atoms with Crippen molar-refractivity contribution in [2.75, 3.05) is 6.61 Å². The van der Waals surface area contributed by atoms with Crippen LogP contribution in [0.1, 0.15) is 63.5 Å². The van der Waals surface area contributed by atoms with Crippen LogP contribution in [0.25, 0.3) is 0 Å². The van der Waals surface area contributed by atoms with E-state index in [1.165, 1.54) is 44.1 Å². The van der Waals surface area contributed by atoms with E-state index >= 15 is 0 Å². The van der Waals surface area contributed by atoms with Gasteiger partial charge in [0.15, 0.2) is 11.5 Å². The molecule has 172 valence electrons. The summed E-state index contributed by atoms with van der Waals surface area (Å²) in [6, 6.07) is 14.7. The van der Waals surface area contributed by atoms with E-state index in [4.69, 9.17) is 21.1 Å². The van der Waals surface area contributed by atoms with Gasteiger partial charge in [0.2, 0.25) is 0 Å². The molecule has 4 saturated carbocycles. The number of nitrogens with one attached hydrogen (secondary N) is 1. The third-order valence-electron chi connectivity index (χ3n) is 8.21. The molecule has 0 aromatic heterocycles. The summed E-state index contributed by atoms with van der Waals surface area (Å²) in [6.07, 6.45) is 8.82. The zero-order valence-corrected chi connectivity index (χ0v) is 20.2. The van der Waals surface area contributed by atoms with Crippen molar-refractivity contribution >= 4 is 11.6 Å². The number of benzene rings is 2. The monoisotopic (exact) mass is 453 g/mol. The van der Waals surface area contributed by atoms with Crippen LogP contribution in [-0.4, -0.2) is 12.6 Å². The molecule has 0 aliphatic heterocycles. The molecule has 4 fully saturated rings. The second-order valence-corrected chi connectivity index (χ2v) is 11.0. The highest BCUT2D eigenvalue weighted by atomic mass is 35.5. The molecule has 4 heteroatoms. The lowest BCUT2D eigenvalue weighted by molar-refractivity contribution is -0.0706. The van der Waals surface area contributed by atoms with Crippen LogP contribution in [0.2, 0.25) is 5.02 Å². The molecular weight excluding hydrogens is 418 g/mol. The van der Waals surface area contributed by atoms with E-state index < -0.39 is 0 Å². The van der Waals surface area contributed by atoms with Gasteiger partial charge < -0.3 is 14.8 Å². The molecule has 0 saturated heterocycles. The Hall–Kier alpha value is -1.71. The zero-order valence-electron chi connectivity index (χ0n) is 19.4. The van der Waals surface area contributed by atoms with Gasteiger partial charge in [-0.1, -0.05) is 29.8 Å². The average molecular weight is 454 g/mol. The van der Waals surface area contributed by atoms with Crippen LogP contribution in [0.3, 0.4) is 0 Å².